The number of rotatable bonds is 7. The van der Waals surface area contributed by atoms with Gasteiger partial charge in [0.25, 0.3) is 0 Å². The Morgan fingerprint density at radius 1 is 1.10 bits per heavy atom. The standard InChI is InChI=1S/C22H27ClN2O4/c1-14(22(26)24-18-12-15(23)7-10-20(18)28-3)25-11-5-6-19(25)17-9-8-16(27-2)13-21(17)29-4/h7-10,12-14,19H,5-6,11H2,1-4H3,(H,24,26)/t14-,19-/m1/s1. The fourth-order valence-corrected chi connectivity index (χ4v) is 4.02. The summed E-state index contributed by atoms with van der Waals surface area (Å²) < 4.78 is 16.2. The maximum atomic E-state index is 13.0. The molecule has 0 spiro atoms. The second-order valence-electron chi connectivity index (χ2n) is 7.01. The smallest absolute Gasteiger partial charge is 0.241 e. The van der Waals surface area contributed by atoms with Crippen molar-refractivity contribution in [2.45, 2.75) is 31.8 Å². The number of benzene rings is 2. The number of nitrogens with zero attached hydrogens (tertiary/aromatic N) is 1. The average Bonchev–Trinajstić information content (AvgIpc) is 3.22. The molecule has 29 heavy (non-hydrogen) atoms. The van der Waals surface area contributed by atoms with Gasteiger partial charge in [-0.05, 0) is 50.6 Å². The van der Waals surface area contributed by atoms with E-state index in [9.17, 15) is 4.79 Å². The molecule has 3 rings (SSSR count). The average molecular weight is 419 g/mol. The Labute approximate surface area is 176 Å². The number of nitrogens with one attached hydrogen (secondary N) is 1. The zero-order valence-electron chi connectivity index (χ0n) is 17.2. The largest absolute Gasteiger partial charge is 0.497 e. The maximum absolute atomic E-state index is 13.0. The molecule has 0 radical (unpaired) electrons. The SMILES string of the molecule is COc1ccc([C@H]2CCCN2[C@H](C)C(=O)Nc2cc(Cl)ccc2OC)c(OC)c1. The molecule has 1 fully saturated rings. The molecule has 2 aromatic carbocycles. The van der Waals surface area contributed by atoms with Crippen molar-refractivity contribution in [3.8, 4) is 17.2 Å². The zero-order valence-corrected chi connectivity index (χ0v) is 18.0. The lowest BCUT2D eigenvalue weighted by Crippen LogP contribution is -2.41. The van der Waals surface area contributed by atoms with E-state index in [1.54, 1.807) is 39.5 Å². The molecule has 0 unspecified atom stereocenters. The number of methoxy groups -OCH3 is 3. The summed E-state index contributed by atoms with van der Waals surface area (Å²) in [4.78, 5) is 15.2. The van der Waals surface area contributed by atoms with Gasteiger partial charge in [0.15, 0.2) is 0 Å². The van der Waals surface area contributed by atoms with Gasteiger partial charge in [-0.1, -0.05) is 17.7 Å². The third-order valence-corrected chi connectivity index (χ3v) is 5.63. The molecular formula is C22H27ClN2O4. The first kappa shape index (κ1) is 21.3. The van der Waals surface area contributed by atoms with Gasteiger partial charge >= 0.3 is 0 Å². The van der Waals surface area contributed by atoms with Crippen LogP contribution >= 0.6 is 11.6 Å². The summed E-state index contributed by atoms with van der Waals surface area (Å²) in [5, 5.41) is 3.49. The van der Waals surface area contributed by atoms with Crippen molar-refractivity contribution < 1.29 is 19.0 Å². The number of hydrogen-bond acceptors (Lipinski definition) is 5. The molecule has 7 heteroatoms. The first-order valence-corrected chi connectivity index (χ1v) is 9.98. The fourth-order valence-electron chi connectivity index (χ4n) is 3.85. The van der Waals surface area contributed by atoms with Crippen LogP contribution in [-0.2, 0) is 4.79 Å². The topological polar surface area (TPSA) is 60.0 Å². The second kappa shape index (κ2) is 9.37. The van der Waals surface area contributed by atoms with Crippen LogP contribution in [0.3, 0.4) is 0 Å². The Hall–Kier alpha value is -2.44. The molecule has 156 valence electrons. The Morgan fingerprint density at radius 2 is 1.86 bits per heavy atom. The number of hydrogen-bond donors (Lipinski definition) is 1. The van der Waals surface area contributed by atoms with Gasteiger partial charge in [-0.15, -0.1) is 0 Å². The highest BCUT2D eigenvalue weighted by molar-refractivity contribution is 6.31. The molecule has 0 aliphatic carbocycles. The third kappa shape index (κ3) is 4.60. The van der Waals surface area contributed by atoms with Crippen molar-refractivity contribution in [3.63, 3.8) is 0 Å². The van der Waals surface area contributed by atoms with Gasteiger partial charge in [-0.3, -0.25) is 9.69 Å². The van der Waals surface area contributed by atoms with Gasteiger partial charge in [0.2, 0.25) is 5.91 Å². The Bertz CT molecular complexity index is 874. The van der Waals surface area contributed by atoms with Gasteiger partial charge in [-0.2, -0.15) is 0 Å². The predicted octanol–water partition coefficient (Wildman–Crippen LogP) is 4.53. The highest BCUT2D eigenvalue weighted by Gasteiger charge is 2.34. The van der Waals surface area contributed by atoms with Crippen molar-refractivity contribution >= 4 is 23.2 Å². The van der Waals surface area contributed by atoms with Crippen LogP contribution < -0.4 is 19.5 Å². The van der Waals surface area contributed by atoms with E-state index >= 15 is 0 Å². The molecule has 0 bridgehead atoms. The third-order valence-electron chi connectivity index (χ3n) is 5.39. The van der Waals surface area contributed by atoms with E-state index in [1.165, 1.54) is 0 Å². The molecule has 0 aromatic heterocycles. The summed E-state index contributed by atoms with van der Waals surface area (Å²) in [6, 6.07) is 10.7. The molecule has 0 saturated carbocycles. The zero-order chi connectivity index (χ0) is 21.0. The molecule has 1 N–H and O–H groups in total. The number of carbonyl (C=O) groups is 1. The summed E-state index contributed by atoms with van der Waals surface area (Å²) in [5.74, 6) is 1.98. The molecular weight excluding hydrogens is 392 g/mol. The van der Waals surface area contributed by atoms with Gasteiger partial charge in [0.05, 0.1) is 33.1 Å². The summed E-state index contributed by atoms with van der Waals surface area (Å²) in [7, 11) is 4.85. The Morgan fingerprint density at radius 3 is 2.55 bits per heavy atom. The van der Waals surface area contributed by atoms with E-state index in [-0.39, 0.29) is 18.0 Å². The van der Waals surface area contributed by atoms with Gasteiger partial charge in [0, 0.05) is 22.7 Å². The van der Waals surface area contributed by atoms with E-state index in [4.69, 9.17) is 25.8 Å². The van der Waals surface area contributed by atoms with Crippen molar-refractivity contribution in [1.82, 2.24) is 4.90 Å². The summed E-state index contributed by atoms with van der Waals surface area (Å²) in [5.41, 5.74) is 1.63. The molecule has 1 aliphatic heterocycles. The molecule has 1 amide bonds. The highest BCUT2D eigenvalue weighted by Crippen LogP contribution is 2.40. The summed E-state index contributed by atoms with van der Waals surface area (Å²) in [6.07, 6.45) is 1.97. The van der Waals surface area contributed by atoms with Crippen LogP contribution in [0.5, 0.6) is 17.2 Å². The molecule has 1 heterocycles. The van der Waals surface area contributed by atoms with Gasteiger partial charge in [-0.25, -0.2) is 0 Å². The fraction of sp³-hybridized carbons (Fsp3) is 0.409. The van der Waals surface area contributed by atoms with Crippen LogP contribution in [0.2, 0.25) is 5.02 Å². The Balaban J connectivity index is 1.81. The van der Waals surface area contributed by atoms with E-state index in [1.807, 2.05) is 25.1 Å². The van der Waals surface area contributed by atoms with Crippen molar-refractivity contribution in [1.29, 1.82) is 0 Å². The monoisotopic (exact) mass is 418 g/mol. The minimum atomic E-state index is -0.335. The van der Waals surface area contributed by atoms with Crippen molar-refractivity contribution in [3.05, 3.63) is 47.0 Å². The van der Waals surface area contributed by atoms with E-state index < -0.39 is 0 Å². The first-order chi connectivity index (χ1) is 14.0. The first-order valence-electron chi connectivity index (χ1n) is 9.60. The minimum Gasteiger partial charge on any atom is -0.497 e. The lowest BCUT2D eigenvalue weighted by molar-refractivity contribution is -0.121. The van der Waals surface area contributed by atoms with Gasteiger partial charge in [0.1, 0.15) is 17.2 Å². The van der Waals surface area contributed by atoms with E-state index in [0.29, 0.717) is 16.5 Å². The van der Waals surface area contributed by atoms with Crippen molar-refractivity contribution in [2.75, 3.05) is 33.2 Å². The number of halogens is 1. The second-order valence-corrected chi connectivity index (χ2v) is 7.45. The lowest BCUT2D eigenvalue weighted by atomic mass is 10.0. The highest BCUT2D eigenvalue weighted by atomic mass is 35.5. The normalized spacial score (nSPS) is 17.6. The summed E-state index contributed by atoms with van der Waals surface area (Å²) in [6.45, 7) is 2.75. The van der Waals surface area contributed by atoms with Crippen molar-refractivity contribution in [2.24, 2.45) is 0 Å². The van der Waals surface area contributed by atoms with E-state index in [0.717, 1.165) is 36.4 Å². The predicted molar refractivity (Wildman–Crippen MR) is 114 cm³/mol. The number of carbonyl (C=O) groups excluding carboxylic acids is 1. The molecule has 6 nitrogen and oxygen atoms in total. The van der Waals surface area contributed by atoms with Crippen LogP contribution in [0.25, 0.3) is 0 Å². The molecule has 2 aromatic rings. The van der Waals surface area contributed by atoms with Crippen LogP contribution in [0.15, 0.2) is 36.4 Å². The summed E-state index contributed by atoms with van der Waals surface area (Å²) >= 11 is 6.08. The van der Waals surface area contributed by atoms with Crippen LogP contribution in [-0.4, -0.2) is 44.7 Å². The number of amides is 1. The van der Waals surface area contributed by atoms with Crippen LogP contribution in [0, 0.1) is 0 Å². The number of anilines is 1. The molecule has 1 aliphatic rings. The Kier molecular flexibility index (Phi) is 6.87. The van der Waals surface area contributed by atoms with E-state index in [2.05, 4.69) is 10.2 Å². The maximum Gasteiger partial charge on any atom is 0.241 e. The lowest BCUT2D eigenvalue weighted by Gasteiger charge is -2.31. The number of ether oxygens (including phenoxy) is 3. The molecule has 2 atom stereocenters. The van der Waals surface area contributed by atoms with Crippen LogP contribution in [0.1, 0.15) is 31.4 Å². The van der Waals surface area contributed by atoms with Crippen LogP contribution in [0.4, 0.5) is 5.69 Å². The quantitative estimate of drug-likeness (QED) is 0.715. The number of likely N-dealkylation sites (tertiary alicyclic amines) is 1. The molecule has 1 saturated heterocycles. The van der Waals surface area contributed by atoms with Gasteiger partial charge < -0.3 is 19.5 Å². The minimum absolute atomic E-state index is 0.0952.